The van der Waals surface area contributed by atoms with Gasteiger partial charge in [-0.15, -0.1) is 0 Å². The number of aliphatic hydroxyl groups excluding tert-OH is 1. The molecule has 158 valence electrons. The maximum Gasteiger partial charge on any atom is 0.303 e. The second-order valence-electron chi connectivity index (χ2n) is 9.86. The van der Waals surface area contributed by atoms with Gasteiger partial charge in [0.15, 0.2) is 0 Å². The summed E-state index contributed by atoms with van der Waals surface area (Å²) in [5.41, 5.74) is 0.326. The van der Waals surface area contributed by atoms with E-state index >= 15 is 0 Å². The molecule has 4 rings (SSSR count). The summed E-state index contributed by atoms with van der Waals surface area (Å²) in [6.45, 7) is 4.70. The van der Waals surface area contributed by atoms with Crippen molar-refractivity contribution in [3.63, 3.8) is 0 Å². The van der Waals surface area contributed by atoms with Crippen molar-refractivity contribution in [3.05, 3.63) is 12.2 Å². The van der Waals surface area contributed by atoms with Crippen molar-refractivity contribution < 1.29 is 19.8 Å². The number of hydrogen-bond donors (Lipinski definition) is 3. The summed E-state index contributed by atoms with van der Waals surface area (Å²) in [6, 6.07) is 0.143. The van der Waals surface area contributed by atoms with Crippen molar-refractivity contribution in [2.24, 2.45) is 29.1 Å². The van der Waals surface area contributed by atoms with Crippen molar-refractivity contribution in [1.82, 2.24) is 5.32 Å². The first-order valence-electron chi connectivity index (χ1n) is 11.2. The molecule has 4 aliphatic rings. The lowest BCUT2D eigenvalue weighted by Crippen LogP contribution is -2.62. The number of amides is 1. The number of carboxylic acid groups (broad SMARTS) is 1. The lowest BCUT2D eigenvalue weighted by atomic mass is 9.44. The molecule has 1 amide bonds. The smallest absolute Gasteiger partial charge is 0.303 e. The molecular weight excluding hydrogens is 354 g/mol. The van der Waals surface area contributed by atoms with Crippen LogP contribution in [0.15, 0.2) is 12.2 Å². The van der Waals surface area contributed by atoms with E-state index in [2.05, 4.69) is 31.3 Å². The van der Waals surface area contributed by atoms with Gasteiger partial charge in [-0.2, -0.15) is 0 Å². The van der Waals surface area contributed by atoms with E-state index in [1.165, 1.54) is 6.42 Å². The molecule has 5 unspecified atom stereocenters. The predicted molar refractivity (Wildman–Crippen MR) is 109 cm³/mol. The summed E-state index contributed by atoms with van der Waals surface area (Å²) in [7, 11) is 0. The molecule has 5 nitrogen and oxygen atoms in total. The Morgan fingerprint density at radius 1 is 1.18 bits per heavy atom. The summed E-state index contributed by atoms with van der Waals surface area (Å²) < 4.78 is 0. The van der Waals surface area contributed by atoms with Crippen molar-refractivity contribution in [2.75, 3.05) is 0 Å². The van der Waals surface area contributed by atoms with Gasteiger partial charge in [-0.25, -0.2) is 0 Å². The fourth-order valence-corrected chi connectivity index (χ4v) is 5.94. The molecule has 0 aromatic rings. The number of nitrogens with one attached hydrogen (secondary N) is 1. The molecule has 0 aromatic carbocycles. The van der Waals surface area contributed by atoms with E-state index in [0.717, 1.165) is 44.9 Å². The van der Waals surface area contributed by atoms with Gasteiger partial charge >= 0.3 is 5.97 Å². The van der Waals surface area contributed by atoms with Gasteiger partial charge in [0.2, 0.25) is 5.91 Å². The number of carbonyl (C=O) groups excluding carboxylic acids is 1. The Bertz CT molecular complexity index is 593. The molecule has 4 fully saturated rings. The minimum atomic E-state index is -0.860. The first kappa shape index (κ1) is 21.4. The molecule has 2 bridgehead atoms. The van der Waals surface area contributed by atoms with Crippen LogP contribution in [0.4, 0.5) is 0 Å². The minimum Gasteiger partial charge on any atom is -0.481 e. The van der Waals surface area contributed by atoms with Gasteiger partial charge in [0.25, 0.3) is 0 Å². The molecule has 28 heavy (non-hydrogen) atoms. The number of allylic oxidation sites excluding steroid dienone is 2. The van der Waals surface area contributed by atoms with Crippen LogP contribution in [0.3, 0.4) is 0 Å². The summed E-state index contributed by atoms with van der Waals surface area (Å²) in [4.78, 5) is 23.3. The fraction of sp³-hybridized carbons (Fsp3) is 0.826. The highest BCUT2D eigenvalue weighted by atomic mass is 16.4. The number of carbonyl (C=O) groups is 2. The van der Waals surface area contributed by atoms with E-state index in [4.69, 9.17) is 5.11 Å². The van der Waals surface area contributed by atoms with Crippen molar-refractivity contribution in [2.45, 2.75) is 90.2 Å². The summed E-state index contributed by atoms with van der Waals surface area (Å²) in [5, 5.41) is 22.4. The van der Waals surface area contributed by atoms with Crippen LogP contribution in [0, 0.1) is 29.1 Å². The van der Waals surface area contributed by atoms with Crippen LogP contribution < -0.4 is 5.32 Å². The second kappa shape index (κ2) is 8.98. The Labute approximate surface area is 169 Å². The van der Waals surface area contributed by atoms with E-state index in [0.29, 0.717) is 29.6 Å². The van der Waals surface area contributed by atoms with Gasteiger partial charge < -0.3 is 15.5 Å². The zero-order valence-electron chi connectivity index (χ0n) is 17.4. The average Bonchev–Trinajstić information content (AvgIpc) is 3.18. The number of aliphatic hydroxyl groups is 1. The van der Waals surface area contributed by atoms with E-state index < -0.39 is 12.1 Å². The van der Waals surface area contributed by atoms with Crippen LogP contribution in [0.1, 0.15) is 78.1 Å². The highest BCUT2D eigenvalue weighted by Gasteiger charge is 2.57. The molecule has 0 radical (unpaired) electrons. The highest BCUT2D eigenvalue weighted by molar-refractivity contribution is 5.81. The topological polar surface area (TPSA) is 86.6 Å². The van der Waals surface area contributed by atoms with Gasteiger partial charge in [-0.1, -0.05) is 38.8 Å². The second-order valence-corrected chi connectivity index (χ2v) is 9.86. The Balaban J connectivity index is 1.56. The Morgan fingerprint density at radius 3 is 2.54 bits per heavy atom. The standard InChI is InChI=1S/C23H37NO4/c1-23(2)16-13-18(23)17(11-5-3-4-6-12-20(25)26)19(14-16)24-22(28)21(27)15-9-7-8-10-15/h3,5,15-19,21,27H,4,6-14H2,1-2H3,(H,24,28)(H,25,26)/b5-3+. The van der Waals surface area contributed by atoms with Crippen LogP contribution in [0.25, 0.3) is 0 Å². The molecule has 0 aliphatic heterocycles. The minimum absolute atomic E-state index is 0.127. The molecule has 0 heterocycles. The zero-order valence-corrected chi connectivity index (χ0v) is 17.4. The number of fused-ring (bicyclic) bond motifs is 2. The molecule has 4 saturated carbocycles. The third kappa shape index (κ3) is 4.61. The lowest BCUT2D eigenvalue weighted by molar-refractivity contribution is -0.143. The number of unbranched alkanes of at least 4 members (excludes halogenated alkanes) is 1. The van der Waals surface area contributed by atoms with Gasteiger partial charge in [0, 0.05) is 12.5 Å². The first-order valence-corrected chi connectivity index (χ1v) is 11.2. The predicted octanol–water partition coefficient (Wildman–Crippen LogP) is 3.91. The molecule has 3 N–H and O–H groups in total. The van der Waals surface area contributed by atoms with Crippen LogP contribution in [-0.2, 0) is 9.59 Å². The maximum absolute atomic E-state index is 12.7. The van der Waals surface area contributed by atoms with Crippen LogP contribution in [0.5, 0.6) is 0 Å². The zero-order chi connectivity index (χ0) is 20.3. The summed E-state index contributed by atoms with van der Waals surface area (Å²) in [5.74, 6) is 0.863. The molecular formula is C23H37NO4. The Hall–Kier alpha value is -1.36. The maximum atomic E-state index is 12.7. The third-order valence-electron chi connectivity index (χ3n) is 7.90. The first-order chi connectivity index (χ1) is 13.3. The number of carboxylic acids is 1. The summed E-state index contributed by atoms with van der Waals surface area (Å²) in [6.07, 6.45) is 12.4. The van der Waals surface area contributed by atoms with Gasteiger partial charge in [-0.3, -0.25) is 9.59 Å². The average molecular weight is 392 g/mol. The van der Waals surface area contributed by atoms with Gasteiger partial charge in [-0.05, 0) is 74.0 Å². The SMILES string of the molecule is CC1(C)C2CC(NC(=O)C(O)C3CCCC3)C(C/C=C/CCCC(=O)O)C1C2. The largest absolute Gasteiger partial charge is 0.481 e. The van der Waals surface area contributed by atoms with E-state index in [-0.39, 0.29) is 24.3 Å². The third-order valence-corrected chi connectivity index (χ3v) is 7.90. The lowest BCUT2D eigenvalue weighted by Gasteiger charge is -2.62. The number of hydrogen-bond acceptors (Lipinski definition) is 3. The van der Waals surface area contributed by atoms with Crippen molar-refractivity contribution >= 4 is 11.9 Å². The van der Waals surface area contributed by atoms with Crippen molar-refractivity contribution in [1.29, 1.82) is 0 Å². The van der Waals surface area contributed by atoms with Gasteiger partial charge in [0.1, 0.15) is 6.10 Å². The van der Waals surface area contributed by atoms with E-state index in [1.807, 2.05) is 0 Å². The quantitative estimate of drug-likeness (QED) is 0.411. The molecule has 5 atom stereocenters. The fourth-order valence-electron chi connectivity index (χ4n) is 5.94. The molecule has 0 aromatic heterocycles. The van der Waals surface area contributed by atoms with Crippen LogP contribution >= 0.6 is 0 Å². The molecule has 0 saturated heterocycles. The Kier molecular flexibility index (Phi) is 6.85. The number of aliphatic carboxylic acids is 1. The van der Waals surface area contributed by atoms with Crippen LogP contribution in [0.2, 0.25) is 0 Å². The van der Waals surface area contributed by atoms with Crippen LogP contribution in [-0.4, -0.2) is 34.2 Å². The molecule has 0 spiro atoms. The molecule has 4 aliphatic carbocycles. The normalized spacial score (nSPS) is 32.8. The highest BCUT2D eigenvalue weighted by Crippen LogP contribution is 2.62. The van der Waals surface area contributed by atoms with Gasteiger partial charge in [0.05, 0.1) is 0 Å². The van der Waals surface area contributed by atoms with E-state index in [1.54, 1.807) is 0 Å². The molecule has 5 heteroatoms. The van der Waals surface area contributed by atoms with E-state index in [9.17, 15) is 14.7 Å². The number of rotatable bonds is 9. The monoisotopic (exact) mass is 391 g/mol. The van der Waals surface area contributed by atoms with Crippen molar-refractivity contribution in [3.8, 4) is 0 Å². The Morgan fingerprint density at radius 2 is 1.89 bits per heavy atom. The summed E-state index contributed by atoms with van der Waals surface area (Å²) >= 11 is 0.